The number of ether oxygens (including phenoxy) is 2. The first-order valence-electron chi connectivity index (χ1n) is 6.15. The van der Waals surface area contributed by atoms with Crippen LogP contribution in [-0.4, -0.2) is 39.3 Å². The van der Waals surface area contributed by atoms with Gasteiger partial charge in [-0.15, -0.1) is 0 Å². The summed E-state index contributed by atoms with van der Waals surface area (Å²) in [5, 5.41) is 0. The number of nitrogens with zero attached hydrogens (tertiary/aromatic N) is 1. The molecule has 0 amide bonds. The number of piperidine rings is 1. The molecule has 0 bridgehead atoms. The van der Waals surface area contributed by atoms with Gasteiger partial charge in [-0.05, 0) is 57.1 Å². The fraction of sp³-hybridized carbons (Fsp3) is 0.571. The third-order valence-electron chi connectivity index (χ3n) is 3.60. The summed E-state index contributed by atoms with van der Waals surface area (Å²) in [4.78, 5) is 2.38. The lowest BCUT2D eigenvalue weighted by molar-refractivity contribution is 0.252. The van der Waals surface area contributed by atoms with E-state index in [1.807, 2.05) is 12.1 Å². The fourth-order valence-electron chi connectivity index (χ4n) is 2.48. The van der Waals surface area contributed by atoms with Gasteiger partial charge in [-0.1, -0.05) is 0 Å². The van der Waals surface area contributed by atoms with Gasteiger partial charge in [-0.3, -0.25) is 0 Å². The second-order valence-corrected chi connectivity index (χ2v) is 4.69. The summed E-state index contributed by atoms with van der Waals surface area (Å²) in [6, 6.07) is 6.08. The highest BCUT2D eigenvalue weighted by molar-refractivity contribution is 5.42. The normalized spacial score (nSPS) is 18.1. The summed E-state index contributed by atoms with van der Waals surface area (Å²) >= 11 is 0. The molecule has 1 aromatic rings. The molecule has 1 aliphatic rings. The molecule has 1 aliphatic heterocycles. The molecule has 0 aromatic heterocycles. The van der Waals surface area contributed by atoms with Crippen LogP contribution in [0.25, 0.3) is 0 Å². The Hall–Kier alpha value is -1.22. The van der Waals surface area contributed by atoms with E-state index < -0.39 is 0 Å². The number of benzene rings is 1. The van der Waals surface area contributed by atoms with Crippen LogP contribution in [0.4, 0.5) is 0 Å². The highest BCUT2D eigenvalue weighted by Crippen LogP contribution is 2.36. The molecule has 1 fully saturated rings. The zero-order valence-electron chi connectivity index (χ0n) is 10.9. The van der Waals surface area contributed by atoms with Crippen molar-refractivity contribution < 1.29 is 9.47 Å². The Morgan fingerprint density at radius 3 is 2.41 bits per heavy atom. The maximum atomic E-state index is 5.46. The van der Waals surface area contributed by atoms with Crippen molar-refractivity contribution >= 4 is 0 Å². The van der Waals surface area contributed by atoms with Crippen LogP contribution in [-0.2, 0) is 0 Å². The highest BCUT2D eigenvalue weighted by Gasteiger charge is 2.21. The SMILES string of the molecule is COc1ccc(OC)c(C2CCN(C)CC2)c1. The van der Waals surface area contributed by atoms with E-state index in [0.717, 1.165) is 24.6 Å². The zero-order chi connectivity index (χ0) is 12.3. The molecule has 0 atom stereocenters. The van der Waals surface area contributed by atoms with Crippen LogP contribution in [0.3, 0.4) is 0 Å². The van der Waals surface area contributed by atoms with E-state index in [9.17, 15) is 0 Å². The number of hydrogen-bond donors (Lipinski definition) is 0. The molecule has 1 aromatic carbocycles. The zero-order valence-corrected chi connectivity index (χ0v) is 10.9. The summed E-state index contributed by atoms with van der Waals surface area (Å²) in [5.41, 5.74) is 1.29. The summed E-state index contributed by atoms with van der Waals surface area (Å²) in [7, 11) is 5.62. The van der Waals surface area contributed by atoms with Gasteiger partial charge in [-0.2, -0.15) is 0 Å². The Bertz CT molecular complexity index is 370. The van der Waals surface area contributed by atoms with Crippen LogP contribution >= 0.6 is 0 Å². The maximum Gasteiger partial charge on any atom is 0.122 e. The summed E-state index contributed by atoms with van der Waals surface area (Å²) in [5.74, 6) is 2.50. The monoisotopic (exact) mass is 235 g/mol. The van der Waals surface area contributed by atoms with Crippen molar-refractivity contribution in [2.24, 2.45) is 0 Å². The maximum absolute atomic E-state index is 5.46. The quantitative estimate of drug-likeness (QED) is 0.803. The van der Waals surface area contributed by atoms with Crippen LogP contribution in [0.2, 0.25) is 0 Å². The second kappa shape index (κ2) is 5.41. The van der Waals surface area contributed by atoms with E-state index >= 15 is 0 Å². The molecule has 2 rings (SSSR count). The van der Waals surface area contributed by atoms with Gasteiger partial charge in [0, 0.05) is 5.56 Å². The Balaban J connectivity index is 2.23. The van der Waals surface area contributed by atoms with Crippen LogP contribution in [0.1, 0.15) is 24.3 Å². The van der Waals surface area contributed by atoms with E-state index in [1.54, 1.807) is 14.2 Å². The molecule has 1 saturated heterocycles. The summed E-state index contributed by atoms with van der Waals surface area (Å²) < 4.78 is 10.8. The first kappa shape index (κ1) is 12.2. The van der Waals surface area contributed by atoms with E-state index in [1.165, 1.54) is 18.4 Å². The van der Waals surface area contributed by atoms with Crippen LogP contribution in [0.15, 0.2) is 18.2 Å². The fourth-order valence-corrected chi connectivity index (χ4v) is 2.48. The van der Waals surface area contributed by atoms with Gasteiger partial charge in [0.2, 0.25) is 0 Å². The van der Waals surface area contributed by atoms with E-state index in [-0.39, 0.29) is 0 Å². The molecular weight excluding hydrogens is 214 g/mol. The van der Waals surface area contributed by atoms with Crippen LogP contribution in [0, 0.1) is 0 Å². The number of likely N-dealkylation sites (tertiary alicyclic amines) is 1. The van der Waals surface area contributed by atoms with E-state index in [2.05, 4.69) is 18.0 Å². The first-order chi connectivity index (χ1) is 8.24. The standard InChI is InChI=1S/C14H21NO2/c1-15-8-6-11(7-9-15)13-10-12(16-2)4-5-14(13)17-3/h4-5,10-11H,6-9H2,1-3H3. The molecule has 0 unspecified atom stereocenters. The van der Waals surface area contributed by atoms with Gasteiger partial charge >= 0.3 is 0 Å². The Morgan fingerprint density at radius 2 is 1.82 bits per heavy atom. The molecule has 0 spiro atoms. The lowest BCUT2D eigenvalue weighted by Gasteiger charge is -2.30. The van der Waals surface area contributed by atoms with E-state index in [4.69, 9.17) is 9.47 Å². The topological polar surface area (TPSA) is 21.7 Å². The van der Waals surface area contributed by atoms with Gasteiger partial charge < -0.3 is 14.4 Å². The second-order valence-electron chi connectivity index (χ2n) is 4.69. The molecular formula is C14H21NO2. The molecule has 3 heteroatoms. The lowest BCUT2D eigenvalue weighted by atomic mass is 9.89. The third kappa shape index (κ3) is 2.72. The molecule has 3 nitrogen and oxygen atoms in total. The largest absolute Gasteiger partial charge is 0.497 e. The van der Waals surface area contributed by atoms with Crippen molar-refractivity contribution in [1.82, 2.24) is 4.90 Å². The van der Waals surface area contributed by atoms with Gasteiger partial charge in [0.1, 0.15) is 11.5 Å². The summed E-state index contributed by atoms with van der Waals surface area (Å²) in [6.45, 7) is 2.32. The number of hydrogen-bond acceptors (Lipinski definition) is 3. The van der Waals surface area contributed by atoms with Crippen molar-refractivity contribution in [3.8, 4) is 11.5 Å². The predicted molar refractivity (Wildman–Crippen MR) is 69.0 cm³/mol. The molecule has 0 aliphatic carbocycles. The van der Waals surface area contributed by atoms with Crippen molar-refractivity contribution in [2.75, 3.05) is 34.4 Å². The minimum absolute atomic E-state index is 0.594. The predicted octanol–water partition coefficient (Wildman–Crippen LogP) is 2.51. The molecule has 94 valence electrons. The Kier molecular flexibility index (Phi) is 3.89. The molecule has 0 radical (unpaired) electrons. The molecule has 0 N–H and O–H groups in total. The first-order valence-corrected chi connectivity index (χ1v) is 6.15. The van der Waals surface area contributed by atoms with Gasteiger partial charge in [0.25, 0.3) is 0 Å². The number of methoxy groups -OCH3 is 2. The molecule has 0 saturated carbocycles. The molecule has 1 heterocycles. The van der Waals surface area contributed by atoms with Crippen LogP contribution < -0.4 is 9.47 Å². The van der Waals surface area contributed by atoms with Gasteiger partial charge in [0.05, 0.1) is 14.2 Å². The lowest BCUT2D eigenvalue weighted by Crippen LogP contribution is -2.29. The van der Waals surface area contributed by atoms with Crippen molar-refractivity contribution in [2.45, 2.75) is 18.8 Å². The highest BCUT2D eigenvalue weighted by atomic mass is 16.5. The molecule has 17 heavy (non-hydrogen) atoms. The van der Waals surface area contributed by atoms with Gasteiger partial charge in [-0.25, -0.2) is 0 Å². The minimum atomic E-state index is 0.594. The van der Waals surface area contributed by atoms with E-state index in [0.29, 0.717) is 5.92 Å². The third-order valence-corrected chi connectivity index (χ3v) is 3.60. The van der Waals surface area contributed by atoms with Crippen LogP contribution in [0.5, 0.6) is 11.5 Å². The van der Waals surface area contributed by atoms with Crippen molar-refractivity contribution in [1.29, 1.82) is 0 Å². The number of rotatable bonds is 3. The summed E-state index contributed by atoms with van der Waals surface area (Å²) in [6.07, 6.45) is 2.39. The Morgan fingerprint density at radius 1 is 1.12 bits per heavy atom. The van der Waals surface area contributed by atoms with Gasteiger partial charge in [0.15, 0.2) is 0 Å². The van der Waals surface area contributed by atoms with Crippen molar-refractivity contribution in [3.05, 3.63) is 23.8 Å². The van der Waals surface area contributed by atoms with Crippen molar-refractivity contribution in [3.63, 3.8) is 0 Å². The smallest absolute Gasteiger partial charge is 0.122 e. The average molecular weight is 235 g/mol. The average Bonchev–Trinajstić information content (AvgIpc) is 2.39. The minimum Gasteiger partial charge on any atom is -0.497 e. The Labute approximate surface area is 103 Å².